The van der Waals surface area contributed by atoms with Gasteiger partial charge in [-0.2, -0.15) is 0 Å². The lowest BCUT2D eigenvalue weighted by molar-refractivity contribution is 0.428. The first-order valence-corrected chi connectivity index (χ1v) is 3.43. The van der Waals surface area contributed by atoms with E-state index >= 15 is 0 Å². The fraction of sp³-hybridized carbons (Fsp3) is 0.333. The van der Waals surface area contributed by atoms with E-state index < -0.39 is 11.3 Å². The molecule has 4 nitrogen and oxygen atoms in total. The van der Waals surface area contributed by atoms with Crippen LogP contribution in [0.5, 0.6) is 0 Å². The fourth-order valence-corrected chi connectivity index (χ4v) is 0.877. The molecule has 1 rings (SSSR count). The van der Waals surface area contributed by atoms with E-state index in [0.717, 1.165) is 10.6 Å². The van der Waals surface area contributed by atoms with E-state index in [1.807, 2.05) is 0 Å². The second-order valence-corrected chi connectivity index (χ2v) is 2.27. The van der Waals surface area contributed by atoms with Crippen molar-refractivity contribution in [2.24, 2.45) is 0 Å². The summed E-state index contributed by atoms with van der Waals surface area (Å²) in [5, 5.41) is -0.176. The average Bonchev–Trinajstić information content (AvgIpc) is 1.85. The lowest BCUT2D eigenvalue weighted by Crippen LogP contribution is -2.30. The van der Waals surface area contributed by atoms with Crippen molar-refractivity contribution in [1.82, 2.24) is 4.57 Å². The van der Waals surface area contributed by atoms with Gasteiger partial charge in [-0.25, -0.2) is 9.36 Å². The maximum Gasteiger partial charge on any atom is 0.423 e. The van der Waals surface area contributed by atoms with Gasteiger partial charge in [-0.3, -0.25) is 4.79 Å². The van der Waals surface area contributed by atoms with Gasteiger partial charge in [0.1, 0.15) is 0 Å². The van der Waals surface area contributed by atoms with Gasteiger partial charge in [-0.1, -0.05) is 0 Å². The first kappa shape index (κ1) is 8.07. The van der Waals surface area contributed by atoms with Crippen molar-refractivity contribution >= 4 is 11.6 Å². The van der Waals surface area contributed by atoms with Gasteiger partial charge in [0.05, 0.1) is 6.07 Å². The van der Waals surface area contributed by atoms with Gasteiger partial charge in [0.25, 0.3) is 5.56 Å². The van der Waals surface area contributed by atoms with Crippen LogP contribution in [-0.2, 0) is 6.54 Å². The standard InChI is InChI=1S/C6H6ClNO3/c1-2-8-5(9)3-4(7)11-6(8)10/h3H,2H2,1H3. The molecule has 1 heterocycles. The molecule has 0 bridgehead atoms. The molecule has 0 saturated heterocycles. The molecule has 0 aliphatic heterocycles. The van der Waals surface area contributed by atoms with Crippen LogP contribution in [0.15, 0.2) is 20.1 Å². The summed E-state index contributed by atoms with van der Waals surface area (Å²) in [6.45, 7) is 1.96. The van der Waals surface area contributed by atoms with Crippen LogP contribution in [0.2, 0.25) is 5.22 Å². The van der Waals surface area contributed by atoms with Crippen LogP contribution in [0.4, 0.5) is 0 Å². The highest BCUT2D eigenvalue weighted by molar-refractivity contribution is 6.28. The second-order valence-electron chi connectivity index (χ2n) is 1.90. The summed E-state index contributed by atoms with van der Waals surface area (Å²) >= 11 is 5.30. The third-order valence-corrected chi connectivity index (χ3v) is 1.41. The number of hydrogen-bond acceptors (Lipinski definition) is 3. The van der Waals surface area contributed by atoms with Crippen LogP contribution in [0.1, 0.15) is 6.92 Å². The molecule has 0 aromatic carbocycles. The van der Waals surface area contributed by atoms with Crippen molar-refractivity contribution in [2.75, 3.05) is 0 Å². The lowest BCUT2D eigenvalue weighted by atomic mass is 10.6. The Kier molecular flexibility index (Phi) is 2.14. The van der Waals surface area contributed by atoms with Crippen molar-refractivity contribution < 1.29 is 4.42 Å². The van der Waals surface area contributed by atoms with Gasteiger partial charge in [0, 0.05) is 6.54 Å². The summed E-state index contributed by atoms with van der Waals surface area (Å²) < 4.78 is 5.40. The monoisotopic (exact) mass is 175 g/mol. The fourth-order valence-electron chi connectivity index (χ4n) is 0.718. The highest BCUT2D eigenvalue weighted by Gasteiger charge is 2.01. The Hall–Kier alpha value is -1.03. The first-order valence-electron chi connectivity index (χ1n) is 3.05. The van der Waals surface area contributed by atoms with Gasteiger partial charge >= 0.3 is 5.76 Å². The summed E-state index contributed by atoms with van der Waals surface area (Å²) in [6, 6.07) is 1.06. The minimum Gasteiger partial charge on any atom is -0.397 e. The number of hydrogen-bond donors (Lipinski definition) is 0. The zero-order chi connectivity index (χ0) is 8.43. The van der Waals surface area contributed by atoms with E-state index in [2.05, 4.69) is 4.42 Å². The maximum absolute atomic E-state index is 10.9. The molecule has 0 unspecified atom stereocenters. The Morgan fingerprint density at radius 2 is 2.27 bits per heavy atom. The number of nitrogens with zero attached hydrogens (tertiary/aromatic N) is 1. The van der Waals surface area contributed by atoms with Crippen LogP contribution >= 0.6 is 11.6 Å². The van der Waals surface area contributed by atoms with E-state index in [1.165, 1.54) is 0 Å². The highest BCUT2D eigenvalue weighted by atomic mass is 35.5. The van der Waals surface area contributed by atoms with Crippen LogP contribution in [-0.4, -0.2) is 4.57 Å². The van der Waals surface area contributed by atoms with Crippen molar-refractivity contribution in [3.63, 3.8) is 0 Å². The van der Waals surface area contributed by atoms with Crippen molar-refractivity contribution in [3.05, 3.63) is 32.2 Å². The SMILES string of the molecule is CCn1c(=O)cc(Cl)oc1=O. The van der Waals surface area contributed by atoms with Crippen LogP contribution in [0.25, 0.3) is 0 Å². The molecule has 0 amide bonds. The predicted molar refractivity (Wildman–Crippen MR) is 39.9 cm³/mol. The predicted octanol–water partition coefficient (Wildman–Crippen LogP) is 0.475. The average molecular weight is 176 g/mol. The van der Waals surface area contributed by atoms with Gasteiger partial charge in [0.15, 0.2) is 0 Å². The van der Waals surface area contributed by atoms with E-state index in [0.29, 0.717) is 6.54 Å². The molecule has 0 spiro atoms. The summed E-state index contributed by atoms with van der Waals surface area (Å²) in [7, 11) is 0. The molecule has 0 aliphatic rings. The molecule has 0 radical (unpaired) electrons. The normalized spacial score (nSPS) is 10.0. The molecule has 0 fully saturated rings. The van der Waals surface area contributed by atoms with Crippen molar-refractivity contribution in [3.8, 4) is 0 Å². The first-order chi connectivity index (χ1) is 5.15. The third-order valence-electron chi connectivity index (χ3n) is 1.22. The molecule has 11 heavy (non-hydrogen) atoms. The van der Waals surface area contributed by atoms with Crippen LogP contribution in [0.3, 0.4) is 0 Å². The zero-order valence-electron chi connectivity index (χ0n) is 5.83. The van der Waals surface area contributed by atoms with Crippen molar-refractivity contribution in [2.45, 2.75) is 13.5 Å². The molecule has 0 atom stereocenters. The largest absolute Gasteiger partial charge is 0.423 e. The molecule has 1 aromatic heterocycles. The molecule has 0 N–H and O–H groups in total. The number of rotatable bonds is 1. The summed E-state index contributed by atoms with van der Waals surface area (Å²) in [4.78, 5) is 21.7. The summed E-state index contributed by atoms with van der Waals surface area (Å²) in [5.41, 5.74) is -0.436. The Bertz CT molecular complexity index is 334. The van der Waals surface area contributed by atoms with Gasteiger partial charge in [0.2, 0.25) is 5.22 Å². The topological polar surface area (TPSA) is 52.2 Å². The quantitative estimate of drug-likeness (QED) is 0.624. The van der Waals surface area contributed by atoms with Gasteiger partial charge < -0.3 is 4.42 Å². The summed E-state index contributed by atoms with van der Waals surface area (Å²) in [6.07, 6.45) is 0. The Morgan fingerprint density at radius 3 is 2.73 bits per heavy atom. The maximum atomic E-state index is 10.9. The van der Waals surface area contributed by atoms with Gasteiger partial charge in [-0.05, 0) is 18.5 Å². The molecule has 1 aromatic rings. The van der Waals surface area contributed by atoms with E-state index in [9.17, 15) is 9.59 Å². The molecule has 5 heteroatoms. The smallest absolute Gasteiger partial charge is 0.397 e. The molecule has 0 saturated carbocycles. The van der Waals surface area contributed by atoms with Gasteiger partial charge in [-0.15, -0.1) is 0 Å². The zero-order valence-corrected chi connectivity index (χ0v) is 6.59. The minimum absolute atomic E-state index is 0.176. The molecular formula is C6H6ClNO3. The van der Waals surface area contributed by atoms with E-state index in [-0.39, 0.29) is 5.22 Å². The minimum atomic E-state index is -0.718. The lowest BCUT2D eigenvalue weighted by Gasteiger charge is -1.95. The number of halogens is 1. The highest BCUT2D eigenvalue weighted by Crippen LogP contribution is 1.97. The molecular weight excluding hydrogens is 170 g/mol. The van der Waals surface area contributed by atoms with E-state index in [4.69, 9.17) is 11.6 Å². The van der Waals surface area contributed by atoms with Crippen molar-refractivity contribution in [1.29, 1.82) is 0 Å². The van der Waals surface area contributed by atoms with E-state index in [1.54, 1.807) is 6.92 Å². The third kappa shape index (κ3) is 1.51. The summed E-state index contributed by atoms with van der Waals surface area (Å²) in [5.74, 6) is -0.718. The second kappa shape index (κ2) is 2.92. The Labute approximate surface area is 67.0 Å². The molecule has 60 valence electrons. The molecule has 0 aliphatic carbocycles. The Morgan fingerprint density at radius 1 is 1.64 bits per heavy atom. The number of aromatic nitrogens is 1. The van der Waals surface area contributed by atoms with Crippen LogP contribution < -0.4 is 11.3 Å². The Balaban J connectivity index is 3.50. The van der Waals surface area contributed by atoms with Crippen LogP contribution in [0, 0.1) is 0 Å².